The van der Waals surface area contributed by atoms with Crippen LogP contribution in [0.2, 0.25) is 0 Å². The van der Waals surface area contributed by atoms with Crippen molar-refractivity contribution in [2.75, 3.05) is 0 Å². The van der Waals surface area contributed by atoms with E-state index in [0.29, 0.717) is 0 Å². The monoisotopic (exact) mass is 320 g/mol. The molecule has 1 aliphatic carbocycles. The second-order valence-electron chi connectivity index (χ2n) is 5.54. The summed E-state index contributed by atoms with van der Waals surface area (Å²) in [6.45, 7) is 0.270. The van der Waals surface area contributed by atoms with Crippen molar-refractivity contribution in [2.24, 2.45) is 0 Å². The summed E-state index contributed by atoms with van der Waals surface area (Å²) < 4.78 is 32.9. The largest absolute Gasteiger partial charge is 0.490 e. The molecule has 1 aromatic heterocycles. The number of aromatic amines is 1. The standard InChI is InChI=1S/C16H20N2O3S/c19-22(20,18-12-13-9-10-17-11-13)16-7-5-15(6-8-16)21-14-3-1-2-4-14/h5-11,14,17-18H,1-4,12H2. The second-order valence-corrected chi connectivity index (χ2v) is 7.31. The molecule has 2 N–H and O–H groups in total. The minimum absolute atomic E-state index is 0.252. The molecule has 0 spiro atoms. The van der Waals surface area contributed by atoms with Gasteiger partial charge < -0.3 is 9.72 Å². The maximum atomic E-state index is 12.2. The van der Waals surface area contributed by atoms with Crippen LogP contribution in [0.25, 0.3) is 0 Å². The summed E-state index contributed by atoms with van der Waals surface area (Å²) in [7, 11) is -3.50. The Morgan fingerprint density at radius 1 is 1.14 bits per heavy atom. The van der Waals surface area contributed by atoms with E-state index in [1.807, 2.05) is 6.07 Å². The van der Waals surface area contributed by atoms with E-state index in [0.717, 1.165) is 24.2 Å². The quantitative estimate of drug-likeness (QED) is 0.860. The Labute approximate surface area is 130 Å². The van der Waals surface area contributed by atoms with Gasteiger partial charge in [-0.1, -0.05) is 0 Å². The van der Waals surface area contributed by atoms with E-state index < -0.39 is 10.0 Å². The predicted octanol–water partition coefficient (Wildman–Crippen LogP) is 2.81. The van der Waals surface area contributed by atoms with Crippen molar-refractivity contribution in [3.05, 3.63) is 48.3 Å². The Kier molecular flexibility index (Phi) is 4.49. The van der Waals surface area contributed by atoms with Crippen LogP contribution in [0.5, 0.6) is 5.75 Å². The first-order valence-electron chi connectivity index (χ1n) is 7.51. The van der Waals surface area contributed by atoms with Gasteiger partial charge in [0.05, 0.1) is 11.0 Å². The number of nitrogens with one attached hydrogen (secondary N) is 2. The number of sulfonamides is 1. The number of rotatable bonds is 6. The SMILES string of the molecule is O=S(=O)(NCc1cc[nH]c1)c1ccc(OC2CCCC2)cc1. The molecule has 0 amide bonds. The molecular formula is C16H20N2O3S. The predicted molar refractivity (Wildman–Crippen MR) is 84.1 cm³/mol. The van der Waals surface area contributed by atoms with Crippen molar-refractivity contribution >= 4 is 10.0 Å². The first-order chi connectivity index (χ1) is 10.6. The van der Waals surface area contributed by atoms with Crippen LogP contribution in [0.1, 0.15) is 31.2 Å². The fraction of sp³-hybridized carbons (Fsp3) is 0.375. The van der Waals surface area contributed by atoms with E-state index in [1.165, 1.54) is 12.8 Å². The van der Waals surface area contributed by atoms with E-state index in [-0.39, 0.29) is 17.5 Å². The summed E-state index contributed by atoms with van der Waals surface area (Å²) in [4.78, 5) is 3.15. The summed E-state index contributed by atoms with van der Waals surface area (Å²) in [5.74, 6) is 0.733. The zero-order valence-electron chi connectivity index (χ0n) is 12.3. The minimum Gasteiger partial charge on any atom is -0.490 e. The second kappa shape index (κ2) is 6.54. The molecule has 0 aliphatic heterocycles. The minimum atomic E-state index is -3.50. The molecule has 118 valence electrons. The molecule has 3 rings (SSSR count). The van der Waals surface area contributed by atoms with Crippen molar-refractivity contribution in [3.8, 4) is 5.75 Å². The lowest BCUT2D eigenvalue weighted by atomic mass is 10.3. The zero-order chi connectivity index (χ0) is 15.4. The highest BCUT2D eigenvalue weighted by Crippen LogP contribution is 2.24. The van der Waals surface area contributed by atoms with Crippen molar-refractivity contribution in [1.29, 1.82) is 0 Å². The molecule has 0 radical (unpaired) electrons. The van der Waals surface area contributed by atoms with Gasteiger partial charge in [0.1, 0.15) is 5.75 Å². The third-order valence-electron chi connectivity index (χ3n) is 3.87. The van der Waals surface area contributed by atoms with E-state index in [2.05, 4.69) is 9.71 Å². The average molecular weight is 320 g/mol. The van der Waals surface area contributed by atoms with Gasteiger partial charge in [0.15, 0.2) is 0 Å². The molecule has 2 aromatic rings. The highest BCUT2D eigenvalue weighted by atomic mass is 32.2. The molecule has 1 aliphatic rings. The number of ether oxygens (including phenoxy) is 1. The molecule has 5 nitrogen and oxygen atoms in total. The summed E-state index contributed by atoms with van der Waals surface area (Å²) in [6, 6.07) is 8.46. The van der Waals surface area contributed by atoms with Crippen molar-refractivity contribution < 1.29 is 13.2 Å². The summed E-state index contributed by atoms with van der Waals surface area (Å²) in [5.41, 5.74) is 0.893. The van der Waals surface area contributed by atoms with Gasteiger partial charge in [-0.2, -0.15) is 0 Å². The molecule has 1 heterocycles. The topological polar surface area (TPSA) is 71.2 Å². The van der Waals surface area contributed by atoms with E-state index in [4.69, 9.17) is 4.74 Å². The first-order valence-corrected chi connectivity index (χ1v) is 9.00. The van der Waals surface area contributed by atoms with Gasteiger partial charge in [-0.25, -0.2) is 13.1 Å². The van der Waals surface area contributed by atoms with Gasteiger partial charge in [0.2, 0.25) is 10.0 Å². The zero-order valence-corrected chi connectivity index (χ0v) is 13.1. The van der Waals surface area contributed by atoms with E-state index in [9.17, 15) is 8.42 Å². The number of hydrogen-bond donors (Lipinski definition) is 2. The van der Waals surface area contributed by atoms with Gasteiger partial charge in [-0.05, 0) is 61.6 Å². The first kappa shape index (κ1) is 15.1. The Morgan fingerprint density at radius 3 is 2.50 bits per heavy atom. The van der Waals surface area contributed by atoms with Gasteiger partial charge in [-0.3, -0.25) is 0 Å². The summed E-state index contributed by atoms with van der Waals surface area (Å²) >= 11 is 0. The van der Waals surface area contributed by atoms with Gasteiger partial charge in [-0.15, -0.1) is 0 Å². The maximum absolute atomic E-state index is 12.2. The van der Waals surface area contributed by atoms with Gasteiger partial charge in [0, 0.05) is 18.9 Å². The highest BCUT2D eigenvalue weighted by molar-refractivity contribution is 7.89. The third kappa shape index (κ3) is 3.69. The molecule has 1 aromatic carbocycles. The van der Waals surface area contributed by atoms with Crippen LogP contribution in [0.4, 0.5) is 0 Å². The number of aromatic nitrogens is 1. The van der Waals surface area contributed by atoms with Crippen LogP contribution in [0.3, 0.4) is 0 Å². The molecule has 0 unspecified atom stereocenters. The third-order valence-corrected chi connectivity index (χ3v) is 5.28. The van der Waals surface area contributed by atoms with E-state index in [1.54, 1.807) is 36.7 Å². The van der Waals surface area contributed by atoms with E-state index >= 15 is 0 Å². The molecule has 0 atom stereocenters. The number of benzene rings is 1. The van der Waals surface area contributed by atoms with Crippen LogP contribution in [-0.4, -0.2) is 19.5 Å². The average Bonchev–Trinajstić information content (AvgIpc) is 3.19. The molecule has 0 bridgehead atoms. The highest BCUT2D eigenvalue weighted by Gasteiger charge is 2.17. The molecule has 1 fully saturated rings. The Bertz CT molecular complexity index is 688. The van der Waals surface area contributed by atoms with Crippen LogP contribution in [-0.2, 0) is 16.6 Å². The molecule has 1 saturated carbocycles. The van der Waals surface area contributed by atoms with Crippen molar-refractivity contribution in [2.45, 2.75) is 43.2 Å². The van der Waals surface area contributed by atoms with Crippen molar-refractivity contribution in [3.63, 3.8) is 0 Å². The smallest absolute Gasteiger partial charge is 0.240 e. The van der Waals surface area contributed by atoms with Crippen LogP contribution in [0.15, 0.2) is 47.6 Å². The molecule has 6 heteroatoms. The fourth-order valence-electron chi connectivity index (χ4n) is 2.63. The maximum Gasteiger partial charge on any atom is 0.240 e. The van der Waals surface area contributed by atoms with Crippen LogP contribution < -0.4 is 9.46 Å². The number of H-pyrrole nitrogens is 1. The van der Waals surface area contributed by atoms with Crippen LogP contribution in [0, 0.1) is 0 Å². The molecule has 22 heavy (non-hydrogen) atoms. The Hall–Kier alpha value is -1.79. The Balaban J connectivity index is 1.63. The normalized spacial score (nSPS) is 16.0. The van der Waals surface area contributed by atoms with Gasteiger partial charge in [0.25, 0.3) is 0 Å². The number of hydrogen-bond acceptors (Lipinski definition) is 3. The summed E-state index contributed by atoms with van der Waals surface area (Å²) in [6.07, 6.45) is 8.38. The van der Waals surface area contributed by atoms with Crippen LogP contribution >= 0.6 is 0 Å². The lowest BCUT2D eigenvalue weighted by Crippen LogP contribution is -2.23. The summed E-state index contributed by atoms with van der Waals surface area (Å²) in [5, 5.41) is 0. The Morgan fingerprint density at radius 2 is 1.86 bits per heavy atom. The lowest BCUT2D eigenvalue weighted by molar-refractivity contribution is 0.210. The fourth-order valence-corrected chi connectivity index (χ4v) is 3.64. The molecule has 0 saturated heterocycles. The molecular weight excluding hydrogens is 300 g/mol. The van der Waals surface area contributed by atoms with Crippen molar-refractivity contribution in [1.82, 2.24) is 9.71 Å². The van der Waals surface area contributed by atoms with Gasteiger partial charge >= 0.3 is 0 Å². The lowest BCUT2D eigenvalue weighted by Gasteiger charge is -2.13.